The summed E-state index contributed by atoms with van der Waals surface area (Å²) >= 11 is 8.31. The fourth-order valence-electron chi connectivity index (χ4n) is 3.18. The molecule has 0 radical (unpaired) electrons. The van der Waals surface area contributed by atoms with Gasteiger partial charge in [-0.15, -0.1) is 0 Å². The molecule has 1 unspecified atom stereocenters. The van der Waals surface area contributed by atoms with E-state index in [9.17, 15) is 4.79 Å². The standard InChI is InChI=1S/C24H20ClIN2O2/c1-3-14(2)16-6-11-22-21(12-16)28-24(30-22)15-4-8-18(9-5-15)27-23(29)19-13-17(26)7-10-20(19)25/h4-14H,3H2,1-2H3,(H,27,29). The number of oxazole rings is 1. The Hall–Kier alpha value is -2.38. The van der Waals surface area contributed by atoms with Crippen molar-refractivity contribution in [2.24, 2.45) is 0 Å². The van der Waals surface area contributed by atoms with Gasteiger partial charge in [-0.3, -0.25) is 4.79 Å². The highest BCUT2D eigenvalue weighted by Crippen LogP contribution is 2.29. The van der Waals surface area contributed by atoms with E-state index >= 15 is 0 Å². The summed E-state index contributed by atoms with van der Waals surface area (Å²) in [6.45, 7) is 4.38. The second-order valence-corrected chi connectivity index (χ2v) is 8.86. The smallest absolute Gasteiger partial charge is 0.257 e. The Balaban J connectivity index is 1.54. The number of nitrogens with one attached hydrogen (secondary N) is 1. The van der Waals surface area contributed by atoms with Crippen LogP contribution in [0, 0.1) is 3.57 Å². The van der Waals surface area contributed by atoms with Gasteiger partial charge in [0.25, 0.3) is 5.91 Å². The average molecular weight is 531 g/mol. The molecule has 6 heteroatoms. The number of fused-ring (bicyclic) bond motifs is 1. The molecule has 0 fully saturated rings. The van der Waals surface area contributed by atoms with Gasteiger partial charge in [0, 0.05) is 14.8 Å². The summed E-state index contributed by atoms with van der Waals surface area (Å²) in [6, 6.07) is 18.9. The molecule has 1 aromatic heterocycles. The lowest BCUT2D eigenvalue weighted by atomic mass is 9.98. The maximum atomic E-state index is 12.5. The first-order valence-corrected chi connectivity index (χ1v) is 11.2. The van der Waals surface area contributed by atoms with Gasteiger partial charge in [0.15, 0.2) is 5.58 Å². The fraction of sp³-hybridized carbons (Fsp3) is 0.167. The van der Waals surface area contributed by atoms with Crippen LogP contribution in [0.4, 0.5) is 5.69 Å². The number of carbonyl (C=O) groups excluding carboxylic acids is 1. The van der Waals surface area contributed by atoms with E-state index in [1.165, 1.54) is 5.56 Å². The first kappa shape index (κ1) is 20.9. The van der Waals surface area contributed by atoms with Crippen LogP contribution in [0.1, 0.15) is 42.1 Å². The van der Waals surface area contributed by atoms with E-state index in [0.29, 0.717) is 28.1 Å². The summed E-state index contributed by atoms with van der Waals surface area (Å²) in [5.74, 6) is 0.800. The molecule has 3 aromatic carbocycles. The molecular formula is C24H20ClIN2O2. The number of rotatable bonds is 5. The fourth-order valence-corrected chi connectivity index (χ4v) is 3.87. The van der Waals surface area contributed by atoms with Crippen LogP contribution < -0.4 is 5.32 Å². The van der Waals surface area contributed by atoms with Crippen molar-refractivity contribution >= 4 is 56.9 Å². The molecule has 1 heterocycles. The van der Waals surface area contributed by atoms with Crippen LogP contribution in [0.3, 0.4) is 0 Å². The molecule has 0 saturated heterocycles. The number of nitrogens with zero attached hydrogens (tertiary/aromatic N) is 1. The van der Waals surface area contributed by atoms with Crippen molar-refractivity contribution in [2.75, 3.05) is 5.32 Å². The quantitative estimate of drug-likeness (QED) is 0.272. The molecule has 1 N–H and O–H groups in total. The van der Waals surface area contributed by atoms with E-state index in [4.69, 9.17) is 16.0 Å². The Bertz CT molecular complexity index is 1220. The topological polar surface area (TPSA) is 55.1 Å². The zero-order valence-electron chi connectivity index (χ0n) is 16.6. The third kappa shape index (κ3) is 4.37. The number of aromatic nitrogens is 1. The van der Waals surface area contributed by atoms with Crippen molar-refractivity contribution in [3.63, 3.8) is 0 Å². The highest BCUT2D eigenvalue weighted by molar-refractivity contribution is 14.1. The first-order valence-electron chi connectivity index (χ1n) is 9.72. The van der Waals surface area contributed by atoms with Crippen LogP contribution >= 0.6 is 34.2 Å². The first-order chi connectivity index (χ1) is 14.4. The van der Waals surface area contributed by atoms with E-state index < -0.39 is 0 Å². The molecule has 4 nitrogen and oxygen atoms in total. The molecule has 0 bridgehead atoms. The minimum atomic E-state index is -0.245. The van der Waals surface area contributed by atoms with Crippen LogP contribution in [0.5, 0.6) is 0 Å². The maximum Gasteiger partial charge on any atom is 0.257 e. The highest BCUT2D eigenvalue weighted by atomic mass is 127. The van der Waals surface area contributed by atoms with Crippen molar-refractivity contribution in [3.8, 4) is 11.5 Å². The Morgan fingerprint density at radius 3 is 2.63 bits per heavy atom. The number of hydrogen-bond donors (Lipinski definition) is 1. The zero-order chi connectivity index (χ0) is 21.3. The third-order valence-electron chi connectivity index (χ3n) is 5.16. The van der Waals surface area contributed by atoms with Gasteiger partial charge >= 0.3 is 0 Å². The minimum Gasteiger partial charge on any atom is -0.436 e. The van der Waals surface area contributed by atoms with Gasteiger partial charge in [-0.25, -0.2) is 4.98 Å². The molecule has 0 aliphatic carbocycles. The summed E-state index contributed by atoms with van der Waals surface area (Å²) < 4.78 is 6.87. The van der Waals surface area contributed by atoms with E-state index in [0.717, 1.165) is 26.7 Å². The minimum absolute atomic E-state index is 0.245. The largest absolute Gasteiger partial charge is 0.436 e. The van der Waals surface area contributed by atoms with Crippen LogP contribution in [-0.2, 0) is 0 Å². The molecule has 1 amide bonds. The van der Waals surface area contributed by atoms with Crippen molar-refractivity contribution in [2.45, 2.75) is 26.2 Å². The Morgan fingerprint density at radius 2 is 1.90 bits per heavy atom. The summed E-state index contributed by atoms with van der Waals surface area (Å²) in [4.78, 5) is 17.2. The number of amides is 1. The average Bonchev–Trinajstić information content (AvgIpc) is 3.18. The molecule has 1 atom stereocenters. The van der Waals surface area contributed by atoms with Crippen molar-refractivity contribution < 1.29 is 9.21 Å². The Labute approximate surface area is 193 Å². The summed E-state index contributed by atoms with van der Waals surface area (Å²) in [5, 5.41) is 3.30. The zero-order valence-corrected chi connectivity index (χ0v) is 19.5. The molecule has 152 valence electrons. The van der Waals surface area contributed by atoms with Gasteiger partial charge in [-0.1, -0.05) is 31.5 Å². The van der Waals surface area contributed by atoms with Gasteiger partial charge in [0.2, 0.25) is 5.89 Å². The Morgan fingerprint density at radius 1 is 1.13 bits per heavy atom. The number of benzene rings is 3. The van der Waals surface area contributed by atoms with E-state index in [2.05, 4.69) is 58.9 Å². The summed E-state index contributed by atoms with van der Waals surface area (Å²) in [7, 11) is 0. The van der Waals surface area contributed by atoms with Crippen molar-refractivity contribution in [1.82, 2.24) is 4.98 Å². The van der Waals surface area contributed by atoms with Gasteiger partial charge in [-0.05, 0) is 95.1 Å². The molecule has 30 heavy (non-hydrogen) atoms. The normalized spacial score (nSPS) is 12.1. The van der Waals surface area contributed by atoms with Crippen molar-refractivity contribution in [1.29, 1.82) is 0 Å². The molecule has 0 aliphatic heterocycles. The number of hydrogen-bond acceptors (Lipinski definition) is 3. The van der Waals surface area contributed by atoms with E-state index in [1.54, 1.807) is 12.1 Å². The lowest BCUT2D eigenvalue weighted by molar-refractivity contribution is 0.102. The van der Waals surface area contributed by atoms with Gasteiger partial charge in [0.1, 0.15) is 5.52 Å². The summed E-state index contributed by atoms with van der Waals surface area (Å²) in [6.07, 6.45) is 1.08. The third-order valence-corrected chi connectivity index (χ3v) is 6.16. The number of carbonyl (C=O) groups is 1. The van der Waals surface area contributed by atoms with E-state index in [1.807, 2.05) is 36.4 Å². The van der Waals surface area contributed by atoms with Crippen molar-refractivity contribution in [3.05, 3.63) is 80.4 Å². The van der Waals surface area contributed by atoms with Gasteiger partial charge in [-0.2, -0.15) is 0 Å². The SMILES string of the molecule is CCC(C)c1ccc2oc(-c3ccc(NC(=O)c4cc(I)ccc4Cl)cc3)nc2c1. The summed E-state index contributed by atoms with van der Waals surface area (Å²) in [5.41, 5.74) is 4.85. The highest BCUT2D eigenvalue weighted by Gasteiger charge is 2.13. The maximum absolute atomic E-state index is 12.5. The molecular weight excluding hydrogens is 511 g/mol. The molecule has 4 rings (SSSR count). The molecule has 4 aromatic rings. The monoisotopic (exact) mass is 530 g/mol. The molecule has 0 spiro atoms. The van der Waals surface area contributed by atoms with Gasteiger partial charge < -0.3 is 9.73 Å². The van der Waals surface area contributed by atoms with Gasteiger partial charge in [0.05, 0.1) is 10.6 Å². The lowest BCUT2D eigenvalue weighted by Gasteiger charge is -2.07. The lowest BCUT2D eigenvalue weighted by Crippen LogP contribution is -2.12. The number of halogens is 2. The molecule has 0 saturated carbocycles. The molecule has 0 aliphatic rings. The van der Waals surface area contributed by atoms with Crippen LogP contribution in [0.2, 0.25) is 5.02 Å². The second kappa shape index (κ2) is 8.78. The van der Waals surface area contributed by atoms with Crippen LogP contribution in [0.15, 0.2) is 65.1 Å². The predicted octanol–water partition coefficient (Wildman–Crippen LogP) is 7.52. The second-order valence-electron chi connectivity index (χ2n) is 7.21. The predicted molar refractivity (Wildman–Crippen MR) is 130 cm³/mol. The van der Waals surface area contributed by atoms with E-state index in [-0.39, 0.29) is 5.91 Å². The van der Waals surface area contributed by atoms with Crippen LogP contribution in [0.25, 0.3) is 22.6 Å². The number of anilines is 1. The van der Waals surface area contributed by atoms with Crippen LogP contribution in [-0.4, -0.2) is 10.9 Å². The Kier molecular flexibility index (Phi) is 6.11.